The minimum Gasteiger partial charge on any atom is -0.211 e. The van der Waals surface area contributed by atoms with Crippen molar-refractivity contribution in [1.29, 1.82) is 0 Å². The van der Waals surface area contributed by atoms with Gasteiger partial charge in [0, 0.05) is 17.5 Å². The maximum Gasteiger partial charge on any atom is 0.240 e. The molecule has 140 valence electrons. The number of benzene rings is 3. The quantitative estimate of drug-likeness (QED) is 0.593. The summed E-state index contributed by atoms with van der Waals surface area (Å²) in [4.78, 5) is 0.274. The van der Waals surface area contributed by atoms with Gasteiger partial charge in [0.15, 0.2) is 0 Å². The molecule has 0 spiro atoms. The van der Waals surface area contributed by atoms with E-state index in [9.17, 15) is 8.42 Å². The first kappa shape index (κ1) is 19.6. The molecule has 0 amide bonds. The van der Waals surface area contributed by atoms with E-state index in [4.69, 9.17) is 11.6 Å². The fourth-order valence-electron chi connectivity index (χ4n) is 3.16. The summed E-state index contributed by atoms with van der Waals surface area (Å²) in [6.45, 7) is 2.42. The van der Waals surface area contributed by atoms with Crippen molar-refractivity contribution in [3.63, 3.8) is 0 Å². The SMILES string of the molecule is CC(c1ccc(Cl)cc1)C(CNS(=O)(=O)c1ccccc1)c1ccccc1. The van der Waals surface area contributed by atoms with Gasteiger partial charge in [0.1, 0.15) is 0 Å². The van der Waals surface area contributed by atoms with E-state index in [0.29, 0.717) is 11.6 Å². The van der Waals surface area contributed by atoms with Crippen LogP contribution in [0.25, 0.3) is 0 Å². The molecule has 3 rings (SSSR count). The van der Waals surface area contributed by atoms with E-state index < -0.39 is 10.0 Å². The Balaban J connectivity index is 1.86. The summed E-state index contributed by atoms with van der Waals surface area (Å²) in [7, 11) is -3.56. The fourth-order valence-corrected chi connectivity index (χ4v) is 4.37. The Labute approximate surface area is 166 Å². The highest BCUT2D eigenvalue weighted by molar-refractivity contribution is 7.89. The highest BCUT2D eigenvalue weighted by Gasteiger charge is 2.24. The molecule has 0 saturated heterocycles. The molecule has 0 bridgehead atoms. The largest absolute Gasteiger partial charge is 0.240 e. The Morgan fingerprint density at radius 2 is 1.37 bits per heavy atom. The average Bonchev–Trinajstić information content (AvgIpc) is 2.70. The van der Waals surface area contributed by atoms with Crippen molar-refractivity contribution in [2.24, 2.45) is 0 Å². The van der Waals surface area contributed by atoms with E-state index in [1.165, 1.54) is 0 Å². The molecule has 0 radical (unpaired) electrons. The van der Waals surface area contributed by atoms with Crippen molar-refractivity contribution in [1.82, 2.24) is 4.72 Å². The van der Waals surface area contributed by atoms with Crippen molar-refractivity contribution >= 4 is 21.6 Å². The molecule has 0 aromatic heterocycles. The highest BCUT2D eigenvalue weighted by atomic mass is 35.5. The van der Waals surface area contributed by atoms with Crippen molar-refractivity contribution in [3.8, 4) is 0 Å². The van der Waals surface area contributed by atoms with Gasteiger partial charge < -0.3 is 0 Å². The molecular formula is C22H22ClNO2S. The van der Waals surface area contributed by atoms with E-state index in [-0.39, 0.29) is 16.7 Å². The van der Waals surface area contributed by atoms with Crippen molar-refractivity contribution < 1.29 is 8.42 Å². The van der Waals surface area contributed by atoms with Crippen LogP contribution in [0, 0.1) is 0 Å². The number of hydrogen-bond acceptors (Lipinski definition) is 2. The summed E-state index contributed by atoms with van der Waals surface area (Å²) in [6.07, 6.45) is 0. The van der Waals surface area contributed by atoms with E-state index in [1.807, 2.05) is 54.6 Å². The average molecular weight is 400 g/mol. The van der Waals surface area contributed by atoms with Gasteiger partial charge >= 0.3 is 0 Å². The first-order valence-corrected chi connectivity index (χ1v) is 10.7. The molecule has 2 atom stereocenters. The van der Waals surface area contributed by atoms with Gasteiger partial charge in [-0.1, -0.05) is 79.2 Å². The second-order valence-corrected chi connectivity index (χ2v) is 8.73. The molecule has 2 unspecified atom stereocenters. The number of halogens is 1. The van der Waals surface area contributed by atoms with Crippen molar-refractivity contribution in [2.75, 3.05) is 6.54 Å². The second kappa shape index (κ2) is 8.70. The van der Waals surface area contributed by atoms with Crippen LogP contribution in [-0.4, -0.2) is 15.0 Å². The Morgan fingerprint density at radius 3 is 1.96 bits per heavy atom. The zero-order valence-electron chi connectivity index (χ0n) is 15.0. The third-order valence-corrected chi connectivity index (χ3v) is 6.47. The number of nitrogens with one attached hydrogen (secondary N) is 1. The molecule has 0 aliphatic carbocycles. The predicted molar refractivity (Wildman–Crippen MR) is 111 cm³/mol. The lowest BCUT2D eigenvalue weighted by Gasteiger charge is -2.25. The lowest BCUT2D eigenvalue weighted by molar-refractivity contribution is 0.539. The Morgan fingerprint density at radius 1 is 0.815 bits per heavy atom. The minimum atomic E-state index is -3.56. The topological polar surface area (TPSA) is 46.2 Å². The van der Waals surface area contributed by atoms with Crippen LogP contribution < -0.4 is 4.72 Å². The Kier molecular flexibility index (Phi) is 6.32. The molecule has 0 aliphatic heterocycles. The zero-order valence-corrected chi connectivity index (χ0v) is 16.6. The number of sulfonamides is 1. The standard InChI is InChI=1S/C22H22ClNO2S/c1-17(18-12-14-20(23)15-13-18)22(19-8-4-2-5-9-19)16-24-27(25,26)21-10-6-3-7-11-21/h2-15,17,22,24H,16H2,1H3. The molecule has 1 N–H and O–H groups in total. The zero-order chi connectivity index (χ0) is 19.3. The maximum atomic E-state index is 12.6. The van der Waals surface area contributed by atoms with Gasteiger partial charge in [-0.15, -0.1) is 0 Å². The summed E-state index contributed by atoms with van der Waals surface area (Å²) >= 11 is 6.01. The molecular weight excluding hydrogens is 378 g/mol. The van der Waals surface area contributed by atoms with Crippen LogP contribution in [0.4, 0.5) is 0 Å². The van der Waals surface area contributed by atoms with Gasteiger partial charge in [-0.3, -0.25) is 0 Å². The van der Waals surface area contributed by atoms with E-state index in [2.05, 4.69) is 11.6 Å². The van der Waals surface area contributed by atoms with Crippen molar-refractivity contribution in [3.05, 3.63) is 101 Å². The smallest absolute Gasteiger partial charge is 0.211 e. The summed E-state index contributed by atoms with van der Waals surface area (Å²) in [5.74, 6) is 0.106. The summed E-state index contributed by atoms with van der Waals surface area (Å²) in [5.41, 5.74) is 2.21. The molecule has 3 nitrogen and oxygen atoms in total. The first-order chi connectivity index (χ1) is 13.0. The summed E-state index contributed by atoms with van der Waals surface area (Å²) in [5, 5.41) is 0.687. The van der Waals surface area contributed by atoms with Gasteiger partial charge in [-0.2, -0.15) is 0 Å². The predicted octanol–water partition coefficient (Wildman–Crippen LogP) is 5.21. The minimum absolute atomic E-state index is 0.00846. The third-order valence-electron chi connectivity index (χ3n) is 4.77. The molecule has 5 heteroatoms. The first-order valence-electron chi connectivity index (χ1n) is 8.82. The van der Waals surface area contributed by atoms with Crippen LogP contribution >= 0.6 is 11.6 Å². The van der Waals surface area contributed by atoms with Crippen LogP contribution in [-0.2, 0) is 10.0 Å². The molecule has 0 aliphatic rings. The molecule has 3 aromatic carbocycles. The van der Waals surface area contributed by atoms with Gasteiger partial charge in [0.25, 0.3) is 0 Å². The lowest BCUT2D eigenvalue weighted by Crippen LogP contribution is -2.30. The van der Waals surface area contributed by atoms with E-state index >= 15 is 0 Å². The molecule has 0 saturated carbocycles. The maximum absolute atomic E-state index is 12.6. The fraction of sp³-hybridized carbons (Fsp3) is 0.182. The summed E-state index contributed by atoms with van der Waals surface area (Å²) < 4.78 is 28.1. The van der Waals surface area contributed by atoms with Crippen LogP contribution in [0.2, 0.25) is 5.02 Å². The van der Waals surface area contributed by atoms with Gasteiger partial charge in [-0.05, 0) is 41.3 Å². The van der Waals surface area contributed by atoms with Gasteiger partial charge in [0.05, 0.1) is 4.90 Å². The number of rotatable bonds is 7. The monoisotopic (exact) mass is 399 g/mol. The normalized spacial score (nSPS) is 13.9. The summed E-state index contributed by atoms with van der Waals surface area (Å²) in [6, 6.07) is 26.1. The van der Waals surface area contributed by atoms with Crippen LogP contribution in [0.3, 0.4) is 0 Å². The van der Waals surface area contributed by atoms with Crippen LogP contribution in [0.15, 0.2) is 89.8 Å². The van der Waals surface area contributed by atoms with E-state index in [1.54, 1.807) is 30.3 Å². The molecule has 3 aromatic rings. The number of hydrogen-bond donors (Lipinski definition) is 1. The molecule has 0 fully saturated rings. The Hall–Kier alpha value is -2.14. The van der Waals surface area contributed by atoms with Crippen LogP contribution in [0.5, 0.6) is 0 Å². The lowest BCUT2D eigenvalue weighted by atomic mass is 9.83. The second-order valence-electron chi connectivity index (χ2n) is 6.52. The molecule has 27 heavy (non-hydrogen) atoms. The van der Waals surface area contributed by atoms with Gasteiger partial charge in [0.2, 0.25) is 10.0 Å². The van der Waals surface area contributed by atoms with Gasteiger partial charge in [-0.25, -0.2) is 13.1 Å². The van der Waals surface area contributed by atoms with Crippen LogP contribution in [0.1, 0.15) is 29.9 Å². The third kappa shape index (κ3) is 4.98. The van der Waals surface area contributed by atoms with Crippen molar-refractivity contribution in [2.45, 2.75) is 23.7 Å². The molecule has 0 heterocycles. The highest BCUT2D eigenvalue weighted by Crippen LogP contribution is 2.33. The van der Waals surface area contributed by atoms with E-state index in [0.717, 1.165) is 11.1 Å². The Bertz CT molecular complexity index is 958.